The van der Waals surface area contributed by atoms with Crippen molar-refractivity contribution in [1.82, 2.24) is 9.80 Å². The Morgan fingerprint density at radius 2 is 1.48 bits per heavy atom. The Balaban J connectivity index is 2.25. The van der Waals surface area contributed by atoms with Crippen LogP contribution in [-0.4, -0.2) is 60.5 Å². The van der Waals surface area contributed by atoms with E-state index in [9.17, 15) is 9.59 Å². The van der Waals surface area contributed by atoms with Gasteiger partial charge in [0.15, 0.2) is 0 Å². The molecule has 0 bridgehead atoms. The van der Waals surface area contributed by atoms with Crippen molar-refractivity contribution < 1.29 is 14.3 Å². The molecule has 1 aliphatic heterocycles. The van der Waals surface area contributed by atoms with Crippen molar-refractivity contribution in [1.29, 1.82) is 0 Å². The summed E-state index contributed by atoms with van der Waals surface area (Å²) in [5.41, 5.74) is 0. The van der Waals surface area contributed by atoms with E-state index in [-0.39, 0.29) is 24.5 Å². The molecule has 5 nitrogen and oxygen atoms in total. The van der Waals surface area contributed by atoms with E-state index in [1.807, 2.05) is 18.7 Å². The molecule has 0 saturated carbocycles. The van der Waals surface area contributed by atoms with Crippen molar-refractivity contribution in [3.8, 4) is 0 Å². The second-order valence-electron chi connectivity index (χ2n) is 6.41. The minimum Gasteiger partial charge on any atom is -0.369 e. The summed E-state index contributed by atoms with van der Waals surface area (Å²) < 4.78 is 5.33. The molecule has 0 unspecified atom stereocenters. The average Bonchev–Trinajstić information content (AvgIpc) is 2.44. The molecule has 21 heavy (non-hydrogen) atoms. The fraction of sp³-hybridized carbons (Fsp3) is 0.875. The van der Waals surface area contributed by atoms with Crippen molar-refractivity contribution in [3.63, 3.8) is 0 Å². The maximum Gasteiger partial charge on any atom is 0.248 e. The first kappa shape index (κ1) is 18.0. The van der Waals surface area contributed by atoms with Crippen LogP contribution in [0.3, 0.4) is 0 Å². The largest absolute Gasteiger partial charge is 0.369 e. The molecule has 2 amide bonds. The molecular formula is C16H30N2O3. The minimum atomic E-state index is 0.0237. The van der Waals surface area contributed by atoms with Gasteiger partial charge in [0.05, 0.1) is 6.10 Å². The van der Waals surface area contributed by atoms with E-state index in [4.69, 9.17) is 4.74 Å². The minimum absolute atomic E-state index is 0.0237. The van der Waals surface area contributed by atoms with E-state index in [1.165, 1.54) is 0 Å². The van der Waals surface area contributed by atoms with Crippen molar-refractivity contribution in [2.24, 2.45) is 5.92 Å². The normalized spacial score (nSPS) is 15.9. The molecule has 0 aromatic heterocycles. The van der Waals surface area contributed by atoms with E-state index >= 15 is 0 Å². The lowest BCUT2D eigenvalue weighted by Gasteiger charge is -2.35. The Kier molecular flexibility index (Phi) is 7.72. The summed E-state index contributed by atoms with van der Waals surface area (Å²) in [4.78, 5) is 27.7. The van der Waals surface area contributed by atoms with Crippen LogP contribution in [0.1, 0.15) is 47.0 Å². The number of hydrogen-bond acceptors (Lipinski definition) is 3. The number of carbonyl (C=O) groups is 2. The highest BCUT2D eigenvalue weighted by molar-refractivity contribution is 5.79. The van der Waals surface area contributed by atoms with Crippen LogP contribution in [0.5, 0.6) is 0 Å². The fourth-order valence-corrected chi connectivity index (χ4v) is 2.35. The summed E-state index contributed by atoms with van der Waals surface area (Å²) in [6.07, 6.45) is 2.75. The van der Waals surface area contributed by atoms with Gasteiger partial charge in [0.25, 0.3) is 0 Å². The van der Waals surface area contributed by atoms with Gasteiger partial charge in [-0.1, -0.05) is 20.3 Å². The molecule has 1 heterocycles. The molecule has 122 valence electrons. The monoisotopic (exact) mass is 298 g/mol. The van der Waals surface area contributed by atoms with Gasteiger partial charge in [-0.3, -0.25) is 9.59 Å². The molecular weight excluding hydrogens is 268 g/mol. The topological polar surface area (TPSA) is 49.9 Å². The Morgan fingerprint density at radius 3 is 1.95 bits per heavy atom. The summed E-state index contributed by atoms with van der Waals surface area (Å²) in [6.45, 7) is 10.9. The summed E-state index contributed by atoms with van der Waals surface area (Å²) in [6, 6.07) is 0. The number of amides is 2. The Hall–Kier alpha value is -1.10. The molecule has 5 heteroatoms. The molecule has 1 fully saturated rings. The predicted octanol–water partition coefficient (Wildman–Crippen LogP) is 1.91. The highest BCUT2D eigenvalue weighted by atomic mass is 16.5. The molecule has 0 aromatic rings. The van der Waals surface area contributed by atoms with Crippen LogP contribution in [0, 0.1) is 5.92 Å². The number of nitrogens with zero attached hydrogens (tertiary/aromatic N) is 2. The van der Waals surface area contributed by atoms with Crippen LogP contribution in [-0.2, 0) is 14.3 Å². The summed E-state index contributed by atoms with van der Waals surface area (Å²) in [7, 11) is 0. The number of ether oxygens (including phenoxy) is 1. The van der Waals surface area contributed by atoms with Crippen molar-refractivity contribution in [2.45, 2.75) is 53.1 Å². The first-order chi connectivity index (χ1) is 9.90. The molecule has 1 saturated heterocycles. The smallest absolute Gasteiger partial charge is 0.248 e. The molecule has 0 atom stereocenters. The van der Waals surface area contributed by atoms with Gasteiger partial charge in [0, 0.05) is 32.6 Å². The summed E-state index contributed by atoms with van der Waals surface area (Å²) in [5, 5.41) is 0. The van der Waals surface area contributed by atoms with Crippen LogP contribution in [0.15, 0.2) is 0 Å². The molecule has 0 aliphatic carbocycles. The average molecular weight is 298 g/mol. The number of hydrogen-bond donors (Lipinski definition) is 0. The standard InChI is InChI=1S/C16H30N2O3/c1-13(2)6-5-7-15(19)17-8-10-18(11-9-17)16(20)12-21-14(3)4/h13-14H,5-12H2,1-4H3. The van der Waals surface area contributed by atoms with Gasteiger partial charge in [0.1, 0.15) is 6.61 Å². The molecule has 1 aliphatic rings. The summed E-state index contributed by atoms with van der Waals surface area (Å²) >= 11 is 0. The van der Waals surface area contributed by atoms with Crippen LogP contribution in [0.25, 0.3) is 0 Å². The lowest BCUT2D eigenvalue weighted by molar-refractivity contribution is -0.143. The lowest BCUT2D eigenvalue weighted by atomic mass is 10.1. The molecule has 0 spiro atoms. The number of carbonyl (C=O) groups excluding carboxylic acids is 2. The van der Waals surface area contributed by atoms with Gasteiger partial charge < -0.3 is 14.5 Å². The third-order valence-electron chi connectivity index (χ3n) is 3.70. The van der Waals surface area contributed by atoms with Gasteiger partial charge in [0.2, 0.25) is 11.8 Å². The van der Waals surface area contributed by atoms with Crippen molar-refractivity contribution in [3.05, 3.63) is 0 Å². The van der Waals surface area contributed by atoms with E-state index in [1.54, 1.807) is 4.90 Å². The zero-order valence-electron chi connectivity index (χ0n) is 13.9. The van der Waals surface area contributed by atoms with Crippen molar-refractivity contribution >= 4 is 11.8 Å². The Morgan fingerprint density at radius 1 is 0.952 bits per heavy atom. The van der Waals surface area contributed by atoms with Crippen LogP contribution in [0.4, 0.5) is 0 Å². The third-order valence-corrected chi connectivity index (χ3v) is 3.70. The fourth-order valence-electron chi connectivity index (χ4n) is 2.35. The quantitative estimate of drug-likeness (QED) is 0.721. The second kappa shape index (κ2) is 9.03. The van der Waals surface area contributed by atoms with E-state index in [0.717, 1.165) is 12.8 Å². The van der Waals surface area contributed by atoms with E-state index < -0.39 is 0 Å². The number of rotatable bonds is 7. The van der Waals surface area contributed by atoms with Gasteiger partial charge in [-0.2, -0.15) is 0 Å². The molecule has 0 radical (unpaired) electrons. The lowest BCUT2D eigenvalue weighted by Crippen LogP contribution is -2.51. The molecule has 1 rings (SSSR count). The maximum atomic E-state index is 12.1. The molecule has 0 N–H and O–H groups in total. The van der Waals surface area contributed by atoms with Gasteiger partial charge >= 0.3 is 0 Å². The first-order valence-corrected chi connectivity index (χ1v) is 8.07. The zero-order chi connectivity index (χ0) is 15.8. The van der Waals surface area contributed by atoms with Crippen LogP contribution < -0.4 is 0 Å². The number of piperazine rings is 1. The van der Waals surface area contributed by atoms with Crippen molar-refractivity contribution in [2.75, 3.05) is 32.8 Å². The van der Waals surface area contributed by atoms with Gasteiger partial charge in [-0.05, 0) is 26.2 Å². The SMILES string of the molecule is CC(C)CCCC(=O)N1CCN(C(=O)COC(C)C)CC1. The van der Waals surface area contributed by atoms with E-state index in [2.05, 4.69) is 13.8 Å². The first-order valence-electron chi connectivity index (χ1n) is 8.07. The zero-order valence-corrected chi connectivity index (χ0v) is 13.9. The third kappa shape index (κ3) is 6.93. The second-order valence-corrected chi connectivity index (χ2v) is 6.41. The Bertz CT molecular complexity index is 334. The summed E-state index contributed by atoms with van der Waals surface area (Å²) in [5.74, 6) is 0.894. The predicted molar refractivity (Wildman–Crippen MR) is 82.9 cm³/mol. The van der Waals surface area contributed by atoms with Gasteiger partial charge in [-0.15, -0.1) is 0 Å². The maximum absolute atomic E-state index is 12.1. The van der Waals surface area contributed by atoms with E-state index in [0.29, 0.717) is 38.5 Å². The van der Waals surface area contributed by atoms with Crippen LogP contribution in [0.2, 0.25) is 0 Å². The van der Waals surface area contributed by atoms with Crippen LogP contribution >= 0.6 is 0 Å². The Labute approximate surface area is 128 Å². The highest BCUT2D eigenvalue weighted by Crippen LogP contribution is 2.10. The molecule has 0 aromatic carbocycles. The highest BCUT2D eigenvalue weighted by Gasteiger charge is 2.23. The van der Waals surface area contributed by atoms with Gasteiger partial charge in [-0.25, -0.2) is 0 Å².